The van der Waals surface area contributed by atoms with Crippen molar-refractivity contribution >= 4 is 21.6 Å². The minimum absolute atomic E-state index is 0.100. The molecule has 108 valence electrons. The minimum atomic E-state index is -4.66. The first-order valence-electron chi connectivity index (χ1n) is 4.62. The fourth-order valence-electron chi connectivity index (χ4n) is 1.07. The van der Waals surface area contributed by atoms with Crippen molar-refractivity contribution in [2.45, 2.75) is 18.9 Å². The van der Waals surface area contributed by atoms with Crippen LogP contribution in [0.1, 0.15) is 0 Å². The molecule has 0 aliphatic rings. The van der Waals surface area contributed by atoms with Crippen molar-refractivity contribution < 1.29 is 26.3 Å². The van der Waals surface area contributed by atoms with Gasteiger partial charge in [-0.15, -0.1) is 0 Å². The highest BCUT2D eigenvalue weighted by Crippen LogP contribution is 2.21. The minimum Gasteiger partial charge on any atom is -0.374 e. The van der Waals surface area contributed by atoms with Gasteiger partial charge >= 0.3 is 12.4 Å². The first-order valence-corrected chi connectivity index (χ1v) is 5.42. The predicted molar refractivity (Wildman–Crippen MR) is 56.8 cm³/mol. The van der Waals surface area contributed by atoms with Crippen LogP contribution in [-0.2, 0) is 6.54 Å². The van der Waals surface area contributed by atoms with Gasteiger partial charge in [-0.3, -0.25) is 4.79 Å². The summed E-state index contributed by atoms with van der Waals surface area (Å²) in [5.74, 6) is 0. The van der Waals surface area contributed by atoms with Crippen LogP contribution in [0.15, 0.2) is 15.5 Å². The largest absolute Gasteiger partial charge is 0.408 e. The highest BCUT2D eigenvalue weighted by atomic mass is 79.9. The summed E-state index contributed by atoms with van der Waals surface area (Å²) < 4.78 is 71.7. The molecule has 1 aromatic rings. The average Bonchev–Trinajstić information content (AvgIpc) is 2.21. The number of hydrogen-bond donors (Lipinski definition) is 1. The molecule has 1 rings (SSSR count). The maximum Gasteiger partial charge on any atom is 0.408 e. The summed E-state index contributed by atoms with van der Waals surface area (Å²) in [6, 6.07) is 0. The van der Waals surface area contributed by atoms with Gasteiger partial charge in [-0.05, 0) is 15.9 Å². The van der Waals surface area contributed by atoms with Crippen LogP contribution in [0, 0.1) is 0 Å². The van der Waals surface area contributed by atoms with Gasteiger partial charge in [-0.1, -0.05) is 0 Å². The zero-order valence-electron chi connectivity index (χ0n) is 8.94. The number of alkyl halides is 6. The summed E-state index contributed by atoms with van der Waals surface area (Å²) in [4.78, 5) is 11.4. The number of rotatable bonds is 3. The summed E-state index contributed by atoms with van der Waals surface area (Å²) in [6.45, 7) is -3.06. The van der Waals surface area contributed by atoms with E-state index >= 15 is 0 Å². The van der Waals surface area contributed by atoms with E-state index in [4.69, 9.17) is 0 Å². The SMILES string of the molecule is O=c1c(Br)c(NCC(F)(F)F)cnn1CC(F)(F)F. The van der Waals surface area contributed by atoms with E-state index in [0.29, 0.717) is 6.20 Å². The lowest BCUT2D eigenvalue weighted by Gasteiger charge is -2.12. The summed E-state index contributed by atoms with van der Waals surface area (Å²) in [5, 5.41) is 5.00. The third kappa shape index (κ3) is 5.09. The summed E-state index contributed by atoms with van der Waals surface area (Å²) in [6.07, 6.45) is -8.47. The molecule has 0 amide bonds. The number of nitrogens with zero attached hydrogens (tertiary/aromatic N) is 2. The van der Waals surface area contributed by atoms with Crippen LogP contribution in [0.3, 0.4) is 0 Å². The van der Waals surface area contributed by atoms with Crippen LogP contribution in [0.25, 0.3) is 0 Å². The van der Waals surface area contributed by atoms with E-state index < -0.39 is 35.5 Å². The van der Waals surface area contributed by atoms with Crippen molar-refractivity contribution in [3.63, 3.8) is 0 Å². The van der Waals surface area contributed by atoms with Gasteiger partial charge in [-0.2, -0.15) is 31.4 Å². The van der Waals surface area contributed by atoms with E-state index in [1.165, 1.54) is 0 Å². The van der Waals surface area contributed by atoms with Crippen molar-refractivity contribution in [2.24, 2.45) is 0 Å². The Morgan fingerprint density at radius 2 is 1.79 bits per heavy atom. The van der Waals surface area contributed by atoms with Gasteiger partial charge in [0, 0.05) is 0 Å². The monoisotopic (exact) mass is 353 g/mol. The number of nitrogens with one attached hydrogen (secondary N) is 1. The van der Waals surface area contributed by atoms with Gasteiger partial charge in [0.1, 0.15) is 17.6 Å². The van der Waals surface area contributed by atoms with Crippen molar-refractivity contribution in [3.8, 4) is 0 Å². The second-order valence-electron chi connectivity index (χ2n) is 3.42. The molecule has 0 aromatic carbocycles. The van der Waals surface area contributed by atoms with Gasteiger partial charge in [0.05, 0.1) is 11.9 Å². The van der Waals surface area contributed by atoms with Gasteiger partial charge in [0.15, 0.2) is 0 Å². The molecule has 19 heavy (non-hydrogen) atoms. The maximum absolute atomic E-state index is 12.1. The van der Waals surface area contributed by atoms with E-state index in [1.807, 2.05) is 5.32 Å². The van der Waals surface area contributed by atoms with Crippen LogP contribution in [-0.4, -0.2) is 28.7 Å². The molecule has 0 spiro atoms. The fraction of sp³-hybridized carbons (Fsp3) is 0.500. The third-order valence-electron chi connectivity index (χ3n) is 1.79. The molecule has 1 N–H and O–H groups in total. The highest BCUT2D eigenvalue weighted by molar-refractivity contribution is 9.10. The quantitative estimate of drug-likeness (QED) is 0.849. The normalized spacial score (nSPS) is 12.6. The molecule has 1 heterocycles. The van der Waals surface area contributed by atoms with E-state index in [9.17, 15) is 31.1 Å². The third-order valence-corrected chi connectivity index (χ3v) is 2.56. The molecule has 0 saturated carbocycles. The Morgan fingerprint density at radius 3 is 2.26 bits per heavy atom. The number of hydrogen-bond acceptors (Lipinski definition) is 3. The highest BCUT2D eigenvalue weighted by Gasteiger charge is 2.30. The summed E-state index contributed by atoms with van der Waals surface area (Å²) >= 11 is 2.64. The van der Waals surface area contributed by atoms with E-state index in [1.54, 1.807) is 0 Å². The molecule has 1 aromatic heterocycles. The van der Waals surface area contributed by atoms with Crippen LogP contribution in [0.2, 0.25) is 0 Å². The Labute approximate surface area is 110 Å². The topological polar surface area (TPSA) is 46.9 Å². The molecular formula is C8H6BrF6N3O. The summed E-state index contributed by atoms with van der Waals surface area (Å²) in [5.41, 5.74) is -1.51. The molecule has 4 nitrogen and oxygen atoms in total. The Bertz CT molecular complexity index is 509. The molecule has 11 heteroatoms. The molecule has 0 bridgehead atoms. The number of halogens is 7. The molecule has 0 fully saturated rings. The Hall–Kier alpha value is -1.26. The van der Waals surface area contributed by atoms with Crippen LogP contribution < -0.4 is 10.9 Å². The Morgan fingerprint density at radius 1 is 1.21 bits per heavy atom. The Balaban J connectivity index is 2.95. The molecule has 0 radical (unpaired) electrons. The lowest BCUT2D eigenvalue weighted by molar-refractivity contribution is -0.143. The zero-order valence-corrected chi connectivity index (χ0v) is 10.5. The van der Waals surface area contributed by atoms with E-state index in [0.717, 1.165) is 0 Å². The molecule has 0 atom stereocenters. The van der Waals surface area contributed by atoms with Gasteiger partial charge < -0.3 is 5.32 Å². The van der Waals surface area contributed by atoms with Gasteiger partial charge in [0.25, 0.3) is 5.56 Å². The van der Waals surface area contributed by atoms with Gasteiger partial charge in [0.2, 0.25) is 0 Å². The van der Waals surface area contributed by atoms with Crippen molar-refractivity contribution in [2.75, 3.05) is 11.9 Å². The Kier molecular flexibility index (Phi) is 4.48. The molecular weight excluding hydrogens is 348 g/mol. The number of aromatic nitrogens is 2. The lowest BCUT2D eigenvalue weighted by Crippen LogP contribution is -2.31. The molecule has 0 aliphatic carbocycles. The second-order valence-corrected chi connectivity index (χ2v) is 4.21. The van der Waals surface area contributed by atoms with E-state index in [2.05, 4.69) is 21.0 Å². The molecule has 0 unspecified atom stereocenters. The molecule has 0 aliphatic heterocycles. The van der Waals surface area contributed by atoms with Crippen LogP contribution in [0.4, 0.5) is 32.0 Å². The predicted octanol–water partition coefficient (Wildman–Crippen LogP) is 2.54. The smallest absolute Gasteiger partial charge is 0.374 e. The standard InChI is InChI=1S/C8H6BrF6N3O/c9-5-4(16-2-7(10,11)12)1-17-18(6(5)19)3-8(13,14)15/h1,16H,2-3H2. The van der Waals surface area contributed by atoms with Crippen LogP contribution in [0.5, 0.6) is 0 Å². The van der Waals surface area contributed by atoms with Crippen molar-refractivity contribution in [3.05, 3.63) is 21.0 Å². The van der Waals surface area contributed by atoms with Crippen molar-refractivity contribution in [1.29, 1.82) is 0 Å². The summed E-state index contributed by atoms with van der Waals surface area (Å²) in [7, 11) is 0. The maximum atomic E-state index is 12.1. The zero-order chi connectivity index (χ0) is 14.8. The first kappa shape index (κ1) is 15.8. The van der Waals surface area contributed by atoms with Crippen molar-refractivity contribution in [1.82, 2.24) is 9.78 Å². The lowest BCUT2D eigenvalue weighted by atomic mass is 10.4. The second kappa shape index (κ2) is 5.39. The first-order chi connectivity index (χ1) is 8.49. The average molecular weight is 354 g/mol. The van der Waals surface area contributed by atoms with E-state index in [-0.39, 0.29) is 10.4 Å². The molecule has 0 saturated heterocycles. The van der Waals surface area contributed by atoms with Crippen LogP contribution >= 0.6 is 15.9 Å². The fourth-order valence-corrected chi connectivity index (χ4v) is 1.51. The number of anilines is 1. The van der Waals surface area contributed by atoms with Gasteiger partial charge in [-0.25, -0.2) is 4.68 Å².